The number of hydrogen-bond donors (Lipinski definition) is 2. The zero-order valence-electron chi connectivity index (χ0n) is 9.82. The van der Waals surface area contributed by atoms with Gasteiger partial charge in [0.2, 0.25) is 5.91 Å². The Hall–Kier alpha value is -1.49. The van der Waals surface area contributed by atoms with E-state index in [2.05, 4.69) is 11.9 Å². The van der Waals surface area contributed by atoms with Gasteiger partial charge in [-0.05, 0) is 12.5 Å². The summed E-state index contributed by atoms with van der Waals surface area (Å²) in [5.74, 6) is 0.152. The van der Waals surface area contributed by atoms with E-state index >= 15 is 0 Å². The monoisotopic (exact) mass is 256 g/mol. The van der Waals surface area contributed by atoms with Crippen LogP contribution in [0.5, 0.6) is 0 Å². The van der Waals surface area contributed by atoms with Gasteiger partial charge in [0.05, 0.1) is 17.3 Å². The Balaban J connectivity index is 2.90. The average molecular weight is 257 g/mol. The molecule has 17 heavy (non-hydrogen) atoms. The van der Waals surface area contributed by atoms with Gasteiger partial charge in [-0.3, -0.25) is 4.79 Å². The number of nitrogen functional groups attached to an aromatic ring is 1. The lowest BCUT2D eigenvalue weighted by molar-refractivity contribution is -0.116. The highest BCUT2D eigenvalue weighted by Crippen LogP contribution is 2.23. The van der Waals surface area contributed by atoms with E-state index in [1.165, 1.54) is 6.20 Å². The highest BCUT2D eigenvalue weighted by Gasteiger charge is 2.13. The third kappa shape index (κ3) is 4.11. The Labute approximate surface area is 106 Å². The molecule has 4 N–H and O–H groups in total. The van der Waals surface area contributed by atoms with Crippen LogP contribution in [0.3, 0.4) is 0 Å². The molecule has 0 unspecified atom stereocenters. The molecule has 1 heterocycles. The minimum atomic E-state index is -0.405. The number of carbonyl (C=O) groups is 1. The van der Waals surface area contributed by atoms with Gasteiger partial charge in [-0.2, -0.15) is 0 Å². The number of hydrogen-bond acceptors (Lipinski definition) is 4. The third-order valence-electron chi connectivity index (χ3n) is 2.29. The van der Waals surface area contributed by atoms with Gasteiger partial charge in [0.1, 0.15) is 0 Å². The molecule has 0 spiro atoms. The molecule has 0 saturated carbocycles. The van der Waals surface area contributed by atoms with Crippen LogP contribution in [0, 0.1) is 0 Å². The first-order valence-electron chi connectivity index (χ1n) is 5.49. The average Bonchev–Trinajstić information content (AvgIpc) is 2.24. The van der Waals surface area contributed by atoms with E-state index in [9.17, 15) is 4.79 Å². The second-order valence-electron chi connectivity index (χ2n) is 3.81. The minimum absolute atomic E-state index is 0.110. The lowest BCUT2D eigenvalue weighted by atomic mass is 10.3. The van der Waals surface area contributed by atoms with Crippen molar-refractivity contribution in [1.29, 1.82) is 0 Å². The molecule has 0 saturated heterocycles. The molecule has 0 fully saturated rings. The molecular weight excluding hydrogens is 240 g/mol. The number of halogens is 1. The molecule has 0 aliphatic carbocycles. The van der Waals surface area contributed by atoms with Gasteiger partial charge < -0.3 is 16.4 Å². The molecule has 94 valence electrons. The number of carbonyl (C=O) groups excluding carboxylic acids is 1. The van der Waals surface area contributed by atoms with Gasteiger partial charge in [0, 0.05) is 12.7 Å². The van der Waals surface area contributed by atoms with Crippen molar-refractivity contribution in [3.05, 3.63) is 17.3 Å². The Morgan fingerprint density at radius 1 is 1.59 bits per heavy atom. The Morgan fingerprint density at radius 3 is 2.82 bits per heavy atom. The number of pyridine rings is 1. The van der Waals surface area contributed by atoms with Crippen LogP contribution in [0.25, 0.3) is 0 Å². The van der Waals surface area contributed by atoms with Crippen LogP contribution in [-0.4, -0.2) is 24.0 Å². The van der Waals surface area contributed by atoms with Crippen molar-refractivity contribution in [3.8, 4) is 0 Å². The summed E-state index contributed by atoms with van der Waals surface area (Å²) in [6.45, 7) is 2.87. The van der Waals surface area contributed by atoms with Crippen LogP contribution < -0.4 is 16.4 Å². The number of rotatable bonds is 6. The molecule has 0 atom stereocenters. The molecule has 0 aromatic carbocycles. The van der Waals surface area contributed by atoms with E-state index in [1.54, 1.807) is 11.0 Å². The topological polar surface area (TPSA) is 85.2 Å². The number of nitrogens with zero attached hydrogens (tertiary/aromatic N) is 2. The Kier molecular flexibility index (Phi) is 5.03. The standard InChI is InChI=1S/C11H17ClN4O/c1-2-3-4-16(7-10(14)17)11-9(13)5-8(12)6-15-11/h5-6H,2-4,7,13H2,1H3,(H2,14,17). The summed E-state index contributed by atoms with van der Waals surface area (Å²) < 4.78 is 0. The maximum absolute atomic E-state index is 11.0. The Morgan fingerprint density at radius 2 is 2.29 bits per heavy atom. The van der Waals surface area contributed by atoms with Crippen molar-refractivity contribution in [2.24, 2.45) is 5.73 Å². The maximum atomic E-state index is 11.0. The maximum Gasteiger partial charge on any atom is 0.236 e. The first-order chi connectivity index (χ1) is 8.04. The minimum Gasteiger partial charge on any atom is -0.396 e. The van der Waals surface area contributed by atoms with Crippen molar-refractivity contribution < 1.29 is 4.79 Å². The van der Waals surface area contributed by atoms with Crippen LogP contribution in [0.1, 0.15) is 19.8 Å². The summed E-state index contributed by atoms with van der Waals surface area (Å²) in [4.78, 5) is 16.9. The smallest absolute Gasteiger partial charge is 0.236 e. The van der Waals surface area contributed by atoms with E-state index in [-0.39, 0.29) is 6.54 Å². The fourth-order valence-electron chi connectivity index (χ4n) is 1.51. The summed E-state index contributed by atoms with van der Waals surface area (Å²) in [6.07, 6.45) is 3.47. The SMILES string of the molecule is CCCCN(CC(N)=O)c1ncc(Cl)cc1N. The predicted octanol–water partition coefficient (Wildman–Crippen LogP) is 1.41. The van der Waals surface area contributed by atoms with Crippen LogP contribution in [-0.2, 0) is 4.79 Å². The fraction of sp³-hybridized carbons (Fsp3) is 0.455. The van der Waals surface area contributed by atoms with Crippen molar-refractivity contribution in [3.63, 3.8) is 0 Å². The summed E-state index contributed by atoms with van der Waals surface area (Å²) in [5, 5.41) is 0.473. The van der Waals surface area contributed by atoms with E-state index in [4.69, 9.17) is 23.1 Å². The van der Waals surface area contributed by atoms with Crippen LogP contribution in [0.2, 0.25) is 5.02 Å². The van der Waals surface area contributed by atoms with Gasteiger partial charge in [0.25, 0.3) is 0 Å². The van der Waals surface area contributed by atoms with E-state index in [0.717, 1.165) is 12.8 Å². The lowest BCUT2D eigenvalue weighted by Gasteiger charge is -2.23. The number of amides is 1. The van der Waals surface area contributed by atoms with E-state index in [0.29, 0.717) is 23.1 Å². The lowest BCUT2D eigenvalue weighted by Crippen LogP contribution is -2.35. The van der Waals surface area contributed by atoms with Crippen molar-refractivity contribution in [2.45, 2.75) is 19.8 Å². The van der Waals surface area contributed by atoms with Crippen molar-refractivity contribution in [2.75, 3.05) is 23.7 Å². The molecule has 6 heteroatoms. The van der Waals surface area contributed by atoms with Crippen LogP contribution in [0.4, 0.5) is 11.5 Å². The molecule has 1 aromatic rings. The van der Waals surface area contributed by atoms with Crippen molar-refractivity contribution >= 4 is 29.0 Å². The van der Waals surface area contributed by atoms with Gasteiger partial charge >= 0.3 is 0 Å². The molecular formula is C11H17ClN4O. The predicted molar refractivity (Wildman–Crippen MR) is 70.0 cm³/mol. The molecule has 1 rings (SSSR count). The van der Waals surface area contributed by atoms with Crippen LogP contribution in [0.15, 0.2) is 12.3 Å². The number of nitrogens with two attached hydrogens (primary N) is 2. The van der Waals surface area contributed by atoms with Crippen molar-refractivity contribution in [1.82, 2.24) is 4.98 Å². The first kappa shape index (κ1) is 13.6. The second kappa shape index (κ2) is 6.30. The molecule has 0 radical (unpaired) electrons. The second-order valence-corrected chi connectivity index (χ2v) is 4.24. The summed E-state index contributed by atoms with van der Waals surface area (Å²) in [7, 11) is 0. The largest absolute Gasteiger partial charge is 0.396 e. The van der Waals surface area contributed by atoms with E-state index < -0.39 is 5.91 Å². The number of unbranched alkanes of at least 4 members (excludes halogenated alkanes) is 1. The number of primary amides is 1. The highest BCUT2D eigenvalue weighted by atomic mass is 35.5. The fourth-order valence-corrected chi connectivity index (χ4v) is 1.68. The van der Waals surface area contributed by atoms with Gasteiger partial charge in [-0.1, -0.05) is 24.9 Å². The quantitative estimate of drug-likeness (QED) is 0.806. The normalized spacial score (nSPS) is 10.2. The zero-order valence-corrected chi connectivity index (χ0v) is 10.6. The molecule has 0 aliphatic heterocycles. The summed E-state index contributed by atoms with van der Waals surface area (Å²) in [5.41, 5.74) is 11.5. The summed E-state index contributed by atoms with van der Waals surface area (Å²) >= 11 is 5.78. The number of aromatic nitrogens is 1. The molecule has 0 bridgehead atoms. The first-order valence-corrected chi connectivity index (χ1v) is 5.86. The van der Waals surface area contributed by atoms with Gasteiger partial charge in [0.15, 0.2) is 5.82 Å². The molecule has 0 aliphatic rings. The third-order valence-corrected chi connectivity index (χ3v) is 2.50. The zero-order chi connectivity index (χ0) is 12.8. The molecule has 1 aromatic heterocycles. The van der Waals surface area contributed by atoms with Gasteiger partial charge in [-0.15, -0.1) is 0 Å². The number of anilines is 2. The van der Waals surface area contributed by atoms with Crippen LogP contribution >= 0.6 is 11.6 Å². The van der Waals surface area contributed by atoms with Gasteiger partial charge in [-0.25, -0.2) is 4.98 Å². The molecule has 5 nitrogen and oxygen atoms in total. The Bertz CT molecular complexity index is 397. The molecule has 1 amide bonds. The highest BCUT2D eigenvalue weighted by molar-refractivity contribution is 6.30. The summed E-state index contributed by atoms with van der Waals surface area (Å²) in [6, 6.07) is 1.61. The van der Waals surface area contributed by atoms with E-state index in [1.807, 2.05) is 0 Å².